The number of halogens is 2. The smallest absolute Gasteiger partial charge is 0.291 e. The third kappa shape index (κ3) is 2.75. The van der Waals surface area contributed by atoms with Gasteiger partial charge in [0, 0.05) is 0 Å². The van der Waals surface area contributed by atoms with Crippen molar-refractivity contribution in [2.24, 2.45) is 0 Å². The standard InChI is InChI=1S/C8H7Cl2NO3/c9-3-4-14-6-1-2-7(10)8(5-6)11(12)13/h1-2,5H,3-4H2. The molecule has 0 amide bonds. The molecule has 0 radical (unpaired) electrons. The van der Waals surface area contributed by atoms with Crippen LogP contribution in [-0.4, -0.2) is 17.4 Å². The van der Waals surface area contributed by atoms with Crippen molar-refractivity contribution in [2.45, 2.75) is 0 Å². The summed E-state index contributed by atoms with van der Waals surface area (Å²) in [6.45, 7) is 0.306. The molecule has 14 heavy (non-hydrogen) atoms. The van der Waals surface area contributed by atoms with Crippen LogP contribution < -0.4 is 4.74 Å². The van der Waals surface area contributed by atoms with Crippen molar-refractivity contribution in [1.29, 1.82) is 0 Å². The van der Waals surface area contributed by atoms with Crippen LogP contribution in [0.25, 0.3) is 0 Å². The number of ether oxygens (including phenoxy) is 1. The number of benzene rings is 1. The highest BCUT2D eigenvalue weighted by Crippen LogP contribution is 2.28. The van der Waals surface area contributed by atoms with Gasteiger partial charge in [0.15, 0.2) is 0 Å². The molecule has 0 saturated carbocycles. The fourth-order valence-corrected chi connectivity index (χ4v) is 1.14. The maximum absolute atomic E-state index is 10.5. The summed E-state index contributed by atoms with van der Waals surface area (Å²) in [5.41, 5.74) is -0.168. The van der Waals surface area contributed by atoms with E-state index in [0.717, 1.165) is 0 Å². The van der Waals surface area contributed by atoms with E-state index in [4.69, 9.17) is 27.9 Å². The van der Waals surface area contributed by atoms with Gasteiger partial charge in [0.2, 0.25) is 0 Å². The largest absolute Gasteiger partial charge is 0.492 e. The fourth-order valence-electron chi connectivity index (χ4n) is 0.879. The van der Waals surface area contributed by atoms with Gasteiger partial charge < -0.3 is 4.74 Å². The first-order valence-electron chi connectivity index (χ1n) is 3.78. The second-order valence-electron chi connectivity index (χ2n) is 2.41. The van der Waals surface area contributed by atoms with Gasteiger partial charge >= 0.3 is 0 Å². The van der Waals surface area contributed by atoms with Gasteiger partial charge in [0.25, 0.3) is 5.69 Å². The summed E-state index contributed by atoms with van der Waals surface area (Å²) in [7, 11) is 0. The topological polar surface area (TPSA) is 52.4 Å². The Kier molecular flexibility index (Phi) is 3.98. The Morgan fingerprint density at radius 2 is 2.21 bits per heavy atom. The first kappa shape index (κ1) is 11.1. The summed E-state index contributed by atoms with van der Waals surface area (Å²) >= 11 is 11.0. The zero-order valence-electron chi connectivity index (χ0n) is 7.07. The molecule has 0 saturated heterocycles. The Balaban J connectivity index is 2.89. The summed E-state index contributed by atoms with van der Waals surface area (Å²) in [6, 6.07) is 4.25. The molecule has 0 N–H and O–H groups in total. The Hall–Kier alpha value is -1.00. The monoisotopic (exact) mass is 235 g/mol. The molecule has 0 spiro atoms. The van der Waals surface area contributed by atoms with Gasteiger partial charge in [-0.15, -0.1) is 11.6 Å². The van der Waals surface area contributed by atoms with Gasteiger partial charge in [-0.3, -0.25) is 10.1 Å². The molecule has 76 valence electrons. The Labute approximate surface area is 90.5 Å². The van der Waals surface area contributed by atoms with Crippen LogP contribution in [0.2, 0.25) is 5.02 Å². The second-order valence-corrected chi connectivity index (χ2v) is 3.19. The van der Waals surface area contributed by atoms with Gasteiger partial charge in [-0.25, -0.2) is 0 Å². The number of hydrogen-bond donors (Lipinski definition) is 0. The molecule has 0 atom stereocenters. The molecule has 0 aliphatic heterocycles. The zero-order valence-corrected chi connectivity index (χ0v) is 8.59. The van der Waals surface area contributed by atoms with Gasteiger partial charge in [0.05, 0.1) is 16.9 Å². The molecule has 0 bridgehead atoms. The van der Waals surface area contributed by atoms with Crippen molar-refractivity contribution in [3.05, 3.63) is 33.3 Å². The predicted octanol–water partition coefficient (Wildman–Crippen LogP) is 2.87. The second kappa shape index (κ2) is 5.02. The van der Waals surface area contributed by atoms with E-state index in [1.165, 1.54) is 12.1 Å². The number of nitro groups is 1. The lowest BCUT2D eigenvalue weighted by Gasteiger charge is -2.03. The summed E-state index contributed by atoms with van der Waals surface area (Å²) in [6.07, 6.45) is 0. The number of nitro benzene ring substituents is 1. The van der Waals surface area contributed by atoms with Crippen molar-refractivity contribution in [3.8, 4) is 5.75 Å². The normalized spacial score (nSPS) is 9.86. The van der Waals surface area contributed by atoms with Crippen LogP contribution in [0.1, 0.15) is 0 Å². The van der Waals surface area contributed by atoms with Crippen LogP contribution in [0.15, 0.2) is 18.2 Å². The lowest BCUT2D eigenvalue weighted by atomic mass is 10.3. The summed E-state index contributed by atoms with van der Waals surface area (Å²) in [4.78, 5) is 9.93. The van der Waals surface area contributed by atoms with E-state index in [1.54, 1.807) is 6.07 Å². The third-order valence-corrected chi connectivity index (χ3v) is 1.93. The Morgan fingerprint density at radius 3 is 2.79 bits per heavy atom. The van der Waals surface area contributed by atoms with Crippen molar-refractivity contribution < 1.29 is 9.66 Å². The molecule has 0 aromatic heterocycles. The Bertz CT molecular complexity index is 343. The number of hydrogen-bond acceptors (Lipinski definition) is 3. The summed E-state index contributed by atoms with van der Waals surface area (Å²) in [5.74, 6) is 0.720. The highest BCUT2D eigenvalue weighted by Gasteiger charge is 2.12. The third-order valence-electron chi connectivity index (χ3n) is 1.46. The van der Waals surface area contributed by atoms with E-state index >= 15 is 0 Å². The molecular weight excluding hydrogens is 229 g/mol. The fraction of sp³-hybridized carbons (Fsp3) is 0.250. The molecule has 0 fully saturated rings. The van der Waals surface area contributed by atoms with Gasteiger partial charge in [-0.2, -0.15) is 0 Å². The van der Waals surface area contributed by atoms with Gasteiger partial charge in [-0.1, -0.05) is 11.6 Å². The van der Waals surface area contributed by atoms with Crippen molar-refractivity contribution >= 4 is 28.9 Å². The number of rotatable bonds is 4. The van der Waals surface area contributed by atoms with E-state index in [9.17, 15) is 10.1 Å². The molecule has 0 aliphatic rings. The van der Waals surface area contributed by atoms with Gasteiger partial charge in [0.1, 0.15) is 17.4 Å². The van der Waals surface area contributed by atoms with E-state index in [1.807, 2.05) is 0 Å². The average Bonchev–Trinajstić information content (AvgIpc) is 2.16. The lowest BCUT2D eigenvalue weighted by molar-refractivity contribution is -0.384. The maximum atomic E-state index is 10.5. The number of nitrogens with zero attached hydrogens (tertiary/aromatic N) is 1. The minimum Gasteiger partial charge on any atom is -0.492 e. The van der Waals surface area contributed by atoms with Crippen LogP contribution in [0, 0.1) is 10.1 Å². The molecule has 1 aromatic rings. The summed E-state index contributed by atoms with van der Waals surface area (Å²) in [5, 5.41) is 10.6. The van der Waals surface area contributed by atoms with E-state index < -0.39 is 4.92 Å². The van der Waals surface area contributed by atoms with Crippen molar-refractivity contribution in [2.75, 3.05) is 12.5 Å². The van der Waals surface area contributed by atoms with E-state index in [-0.39, 0.29) is 10.7 Å². The van der Waals surface area contributed by atoms with Crippen molar-refractivity contribution in [1.82, 2.24) is 0 Å². The zero-order chi connectivity index (χ0) is 10.6. The van der Waals surface area contributed by atoms with Crippen LogP contribution in [-0.2, 0) is 0 Å². The quantitative estimate of drug-likeness (QED) is 0.458. The summed E-state index contributed by atoms with van der Waals surface area (Å²) < 4.78 is 5.11. The van der Waals surface area contributed by atoms with Gasteiger partial charge in [-0.05, 0) is 12.1 Å². The average molecular weight is 236 g/mol. The minimum atomic E-state index is -0.560. The molecule has 0 aliphatic carbocycles. The molecule has 0 heterocycles. The molecule has 6 heteroatoms. The minimum absolute atomic E-state index is 0.0909. The highest BCUT2D eigenvalue weighted by molar-refractivity contribution is 6.32. The first-order valence-corrected chi connectivity index (χ1v) is 4.69. The highest BCUT2D eigenvalue weighted by atomic mass is 35.5. The molecule has 0 unspecified atom stereocenters. The maximum Gasteiger partial charge on any atom is 0.291 e. The molecule has 1 aromatic carbocycles. The molecule has 4 nitrogen and oxygen atoms in total. The van der Waals surface area contributed by atoms with E-state index in [2.05, 4.69) is 0 Å². The lowest BCUT2D eigenvalue weighted by Crippen LogP contribution is -1.98. The Morgan fingerprint density at radius 1 is 1.50 bits per heavy atom. The van der Waals surface area contributed by atoms with E-state index in [0.29, 0.717) is 18.2 Å². The number of alkyl halides is 1. The molecular formula is C8H7Cl2NO3. The molecule has 1 rings (SSSR count). The van der Waals surface area contributed by atoms with Crippen molar-refractivity contribution in [3.63, 3.8) is 0 Å². The SMILES string of the molecule is O=[N+]([O-])c1cc(OCCCl)ccc1Cl. The van der Waals surface area contributed by atoms with Crippen LogP contribution in [0.5, 0.6) is 5.75 Å². The predicted molar refractivity (Wildman–Crippen MR) is 54.3 cm³/mol. The van der Waals surface area contributed by atoms with Crippen LogP contribution >= 0.6 is 23.2 Å². The van der Waals surface area contributed by atoms with Crippen LogP contribution in [0.4, 0.5) is 5.69 Å². The first-order chi connectivity index (χ1) is 6.65. The van der Waals surface area contributed by atoms with Crippen LogP contribution in [0.3, 0.4) is 0 Å².